The van der Waals surface area contributed by atoms with Crippen LogP contribution in [0.2, 0.25) is 0 Å². The molecular weight excluding hydrogens is 408 g/mol. The molecule has 158 valence electrons. The molecule has 0 fully saturated rings. The van der Waals surface area contributed by atoms with Gasteiger partial charge in [-0.05, 0) is 89.6 Å². The lowest BCUT2D eigenvalue weighted by Crippen LogP contribution is -1.90. The van der Waals surface area contributed by atoms with E-state index in [1.807, 2.05) is 0 Å². The van der Waals surface area contributed by atoms with Crippen LogP contribution in [0.3, 0.4) is 0 Å². The molecule has 0 amide bonds. The largest absolute Gasteiger partial charge is 0.0616 e. The minimum Gasteiger partial charge on any atom is -0.0616 e. The van der Waals surface area contributed by atoms with Crippen LogP contribution < -0.4 is 0 Å². The summed E-state index contributed by atoms with van der Waals surface area (Å²) in [5.74, 6) is 0. The van der Waals surface area contributed by atoms with Gasteiger partial charge in [0.25, 0.3) is 0 Å². The van der Waals surface area contributed by atoms with Crippen molar-refractivity contribution in [1.29, 1.82) is 0 Å². The van der Waals surface area contributed by atoms with Crippen LogP contribution in [0.4, 0.5) is 0 Å². The highest BCUT2D eigenvalue weighted by Gasteiger charge is 2.14. The van der Waals surface area contributed by atoms with Crippen molar-refractivity contribution in [3.05, 3.63) is 133 Å². The van der Waals surface area contributed by atoms with Gasteiger partial charge in [0.15, 0.2) is 0 Å². The van der Waals surface area contributed by atoms with Gasteiger partial charge in [-0.1, -0.05) is 109 Å². The zero-order chi connectivity index (χ0) is 22.5. The first kappa shape index (κ1) is 19.1. The van der Waals surface area contributed by atoms with Gasteiger partial charge in [-0.15, -0.1) is 0 Å². The van der Waals surface area contributed by atoms with Crippen molar-refractivity contribution in [3.8, 4) is 22.3 Å². The fourth-order valence-corrected chi connectivity index (χ4v) is 5.36. The van der Waals surface area contributed by atoms with E-state index >= 15 is 0 Å². The van der Waals surface area contributed by atoms with Gasteiger partial charge < -0.3 is 0 Å². The van der Waals surface area contributed by atoms with E-state index in [1.54, 1.807) is 0 Å². The zero-order valence-corrected chi connectivity index (χ0v) is 18.7. The summed E-state index contributed by atoms with van der Waals surface area (Å²) in [6, 6.07) is 48.7. The Labute approximate surface area is 198 Å². The lowest BCUT2D eigenvalue weighted by atomic mass is 9.87. The van der Waals surface area contributed by atoms with Crippen molar-refractivity contribution in [1.82, 2.24) is 0 Å². The van der Waals surface area contributed by atoms with Gasteiger partial charge in [-0.3, -0.25) is 0 Å². The van der Waals surface area contributed by atoms with Gasteiger partial charge in [-0.2, -0.15) is 0 Å². The predicted octanol–water partition coefficient (Wildman–Crippen LogP) is 9.63. The molecule has 0 radical (unpaired) electrons. The molecule has 7 aromatic carbocycles. The Kier molecular flexibility index (Phi) is 4.25. The van der Waals surface area contributed by atoms with Crippen LogP contribution in [0.15, 0.2) is 133 Å². The van der Waals surface area contributed by atoms with E-state index < -0.39 is 0 Å². The van der Waals surface area contributed by atoms with Crippen molar-refractivity contribution < 1.29 is 0 Å². The maximum Gasteiger partial charge on any atom is -0.00926 e. The summed E-state index contributed by atoms with van der Waals surface area (Å²) in [6.07, 6.45) is 0. The second kappa shape index (κ2) is 7.57. The van der Waals surface area contributed by atoms with Crippen molar-refractivity contribution in [2.45, 2.75) is 0 Å². The lowest BCUT2D eigenvalue weighted by Gasteiger charge is -2.17. The molecule has 0 N–H and O–H groups in total. The Balaban J connectivity index is 1.63. The van der Waals surface area contributed by atoms with Gasteiger partial charge in [0.1, 0.15) is 0 Å². The smallest absolute Gasteiger partial charge is 0.00926 e. The molecule has 0 bridgehead atoms. The highest BCUT2D eigenvalue weighted by Crippen LogP contribution is 2.41. The van der Waals surface area contributed by atoms with E-state index in [-0.39, 0.29) is 0 Å². The molecule has 0 saturated heterocycles. The van der Waals surface area contributed by atoms with E-state index in [0.29, 0.717) is 0 Å². The van der Waals surface area contributed by atoms with E-state index in [4.69, 9.17) is 0 Å². The summed E-state index contributed by atoms with van der Waals surface area (Å²) in [7, 11) is 0. The maximum atomic E-state index is 2.39. The monoisotopic (exact) mass is 430 g/mol. The van der Waals surface area contributed by atoms with Crippen LogP contribution in [-0.2, 0) is 0 Å². The van der Waals surface area contributed by atoms with Crippen LogP contribution in [0.1, 0.15) is 0 Å². The van der Waals surface area contributed by atoms with Crippen LogP contribution in [-0.4, -0.2) is 0 Å². The molecule has 7 aromatic rings. The second-order valence-electron chi connectivity index (χ2n) is 9.00. The SMILES string of the molecule is c1ccc2cc3cc(-c4cccc5ccccc45)c(-c4cccc5ccccc45)cc3cc2c1. The van der Waals surface area contributed by atoms with Gasteiger partial charge in [-0.25, -0.2) is 0 Å². The first-order valence-corrected chi connectivity index (χ1v) is 11.8. The van der Waals surface area contributed by atoms with E-state index in [9.17, 15) is 0 Å². The van der Waals surface area contributed by atoms with Gasteiger partial charge in [0.05, 0.1) is 0 Å². The third-order valence-corrected chi connectivity index (χ3v) is 7.00. The second-order valence-corrected chi connectivity index (χ2v) is 9.00. The van der Waals surface area contributed by atoms with Crippen LogP contribution in [0.25, 0.3) is 65.3 Å². The van der Waals surface area contributed by atoms with Crippen LogP contribution in [0, 0.1) is 0 Å². The summed E-state index contributed by atoms with van der Waals surface area (Å²) in [4.78, 5) is 0. The molecule has 0 nitrogen and oxygen atoms in total. The fourth-order valence-electron chi connectivity index (χ4n) is 5.36. The summed E-state index contributed by atoms with van der Waals surface area (Å²) >= 11 is 0. The topological polar surface area (TPSA) is 0 Å². The van der Waals surface area contributed by atoms with Crippen molar-refractivity contribution >= 4 is 43.1 Å². The average molecular weight is 431 g/mol. The highest BCUT2D eigenvalue weighted by molar-refractivity contribution is 6.10. The molecule has 0 aliphatic carbocycles. The molecule has 0 aliphatic rings. The minimum absolute atomic E-state index is 1.27. The van der Waals surface area contributed by atoms with Crippen molar-refractivity contribution in [2.75, 3.05) is 0 Å². The summed E-state index contributed by atoms with van der Waals surface area (Å²) < 4.78 is 0. The molecule has 0 aliphatic heterocycles. The normalized spacial score (nSPS) is 11.5. The lowest BCUT2D eigenvalue weighted by molar-refractivity contribution is 1.65. The van der Waals surface area contributed by atoms with Crippen LogP contribution >= 0.6 is 0 Å². The van der Waals surface area contributed by atoms with E-state index in [0.717, 1.165) is 0 Å². The fraction of sp³-hybridized carbons (Fsp3) is 0. The third-order valence-electron chi connectivity index (χ3n) is 7.00. The average Bonchev–Trinajstić information content (AvgIpc) is 2.90. The number of fused-ring (bicyclic) bond motifs is 4. The Hall–Kier alpha value is -4.42. The number of hydrogen-bond acceptors (Lipinski definition) is 0. The molecule has 34 heavy (non-hydrogen) atoms. The highest BCUT2D eigenvalue weighted by atomic mass is 14.2. The number of rotatable bonds is 2. The number of hydrogen-bond donors (Lipinski definition) is 0. The first-order valence-electron chi connectivity index (χ1n) is 11.8. The molecule has 0 heterocycles. The summed E-state index contributed by atoms with van der Waals surface area (Å²) in [6.45, 7) is 0. The molecule has 0 heteroatoms. The summed E-state index contributed by atoms with van der Waals surface area (Å²) in [5.41, 5.74) is 5.10. The van der Waals surface area contributed by atoms with Gasteiger partial charge >= 0.3 is 0 Å². The molecule has 0 saturated carbocycles. The standard InChI is InChI=1S/C34H22/c1-2-12-26-20-28-22-34(32-18-8-14-24-10-4-6-16-30(24)32)33(21-27(28)19-25(26)11-1)31-17-7-13-23-9-3-5-15-29(23)31/h1-22H. The minimum atomic E-state index is 1.27. The molecule has 0 atom stereocenters. The molecular formula is C34H22. The zero-order valence-electron chi connectivity index (χ0n) is 18.7. The van der Waals surface area contributed by atoms with E-state index in [2.05, 4.69) is 133 Å². The maximum absolute atomic E-state index is 2.39. The Morgan fingerprint density at radius 3 is 1.09 bits per heavy atom. The van der Waals surface area contributed by atoms with E-state index in [1.165, 1.54) is 65.3 Å². The molecule has 0 unspecified atom stereocenters. The summed E-state index contributed by atoms with van der Waals surface area (Å²) in [5, 5.41) is 10.2. The van der Waals surface area contributed by atoms with Crippen molar-refractivity contribution in [3.63, 3.8) is 0 Å². The Morgan fingerprint density at radius 1 is 0.235 bits per heavy atom. The molecule has 0 spiro atoms. The first-order chi connectivity index (χ1) is 16.8. The van der Waals surface area contributed by atoms with Crippen molar-refractivity contribution in [2.24, 2.45) is 0 Å². The number of benzene rings is 7. The molecule has 7 rings (SSSR count). The molecule has 0 aromatic heterocycles. The third kappa shape index (κ3) is 3.00. The Morgan fingerprint density at radius 2 is 0.618 bits per heavy atom. The van der Waals surface area contributed by atoms with Crippen LogP contribution in [0.5, 0.6) is 0 Å². The predicted molar refractivity (Wildman–Crippen MR) is 147 cm³/mol. The Bertz CT molecular complexity index is 1710. The van der Waals surface area contributed by atoms with Gasteiger partial charge in [0, 0.05) is 0 Å². The van der Waals surface area contributed by atoms with Gasteiger partial charge in [0.2, 0.25) is 0 Å². The quantitative estimate of drug-likeness (QED) is 0.239.